The van der Waals surface area contributed by atoms with Crippen LogP contribution in [0.2, 0.25) is 0 Å². The van der Waals surface area contributed by atoms with Gasteiger partial charge in [0.1, 0.15) is 6.54 Å². The van der Waals surface area contributed by atoms with Gasteiger partial charge in [0.05, 0.1) is 12.5 Å². The lowest BCUT2D eigenvalue weighted by Gasteiger charge is -2.26. The van der Waals surface area contributed by atoms with Crippen molar-refractivity contribution in [3.05, 3.63) is 0 Å². The summed E-state index contributed by atoms with van der Waals surface area (Å²) in [5.74, 6) is -0.0917. The maximum absolute atomic E-state index is 12.5. The molecule has 1 saturated carbocycles. The Kier molecular flexibility index (Phi) is 6.28. The van der Waals surface area contributed by atoms with Crippen molar-refractivity contribution < 1.29 is 14.3 Å². The number of hydrogen-bond donors (Lipinski definition) is 1. The Morgan fingerprint density at radius 2 is 2.00 bits per heavy atom. The summed E-state index contributed by atoms with van der Waals surface area (Å²) >= 11 is 0. The van der Waals surface area contributed by atoms with Crippen LogP contribution >= 0.6 is 0 Å². The first-order valence-corrected chi connectivity index (χ1v) is 7.15. The molecule has 0 heterocycles. The van der Waals surface area contributed by atoms with Crippen LogP contribution < -0.4 is 5.73 Å². The molecule has 1 aliphatic carbocycles. The second-order valence-electron chi connectivity index (χ2n) is 5.56. The minimum atomic E-state index is -0.330. The van der Waals surface area contributed by atoms with Crippen LogP contribution in [0.5, 0.6) is 0 Å². The molecule has 19 heavy (non-hydrogen) atoms. The first kappa shape index (κ1) is 16.0. The molecule has 2 N–H and O–H groups in total. The van der Waals surface area contributed by atoms with Crippen LogP contribution in [-0.2, 0) is 14.3 Å². The van der Waals surface area contributed by atoms with E-state index in [2.05, 4.69) is 13.8 Å². The van der Waals surface area contributed by atoms with Crippen molar-refractivity contribution in [1.29, 1.82) is 0 Å². The zero-order valence-corrected chi connectivity index (χ0v) is 12.2. The number of rotatable bonds is 8. The molecule has 1 fully saturated rings. The number of esters is 1. The van der Waals surface area contributed by atoms with E-state index in [4.69, 9.17) is 10.5 Å². The molecule has 0 aromatic carbocycles. The minimum Gasteiger partial charge on any atom is -0.465 e. The lowest BCUT2D eigenvalue weighted by molar-refractivity contribution is -0.150. The molecule has 0 aliphatic heterocycles. The average molecular weight is 270 g/mol. The Labute approximate surface area is 115 Å². The first-order chi connectivity index (χ1) is 8.99. The lowest BCUT2D eigenvalue weighted by atomic mass is 9.95. The Balaban J connectivity index is 2.63. The molecule has 1 rings (SSSR count). The van der Waals surface area contributed by atoms with Crippen molar-refractivity contribution in [1.82, 2.24) is 4.90 Å². The molecule has 1 unspecified atom stereocenters. The third-order valence-corrected chi connectivity index (χ3v) is 3.27. The molecule has 1 atom stereocenters. The fraction of sp³-hybridized carbons (Fsp3) is 0.857. The zero-order valence-electron chi connectivity index (χ0n) is 12.2. The van der Waals surface area contributed by atoms with Crippen LogP contribution in [0.3, 0.4) is 0 Å². The van der Waals surface area contributed by atoms with Crippen molar-refractivity contribution >= 4 is 11.9 Å². The summed E-state index contributed by atoms with van der Waals surface area (Å²) in [6, 6.07) is 0.207. The van der Waals surface area contributed by atoms with Gasteiger partial charge in [-0.1, -0.05) is 13.8 Å². The van der Waals surface area contributed by atoms with Gasteiger partial charge < -0.3 is 15.4 Å². The van der Waals surface area contributed by atoms with Gasteiger partial charge in [0.25, 0.3) is 0 Å². The number of nitrogens with two attached hydrogens (primary N) is 1. The van der Waals surface area contributed by atoms with E-state index in [0.717, 1.165) is 19.3 Å². The molecule has 0 spiro atoms. The smallest absolute Gasteiger partial charge is 0.325 e. The summed E-state index contributed by atoms with van der Waals surface area (Å²) in [7, 11) is 0. The minimum absolute atomic E-state index is 0.00625. The van der Waals surface area contributed by atoms with E-state index in [1.807, 2.05) is 0 Å². The molecule has 0 radical (unpaired) electrons. The Morgan fingerprint density at radius 1 is 1.37 bits per heavy atom. The fourth-order valence-electron chi connectivity index (χ4n) is 2.22. The van der Waals surface area contributed by atoms with Gasteiger partial charge in [-0.25, -0.2) is 0 Å². The van der Waals surface area contributed by atoms with Crippen molar-refractivity contribution in [2.24, 2.45) is 17.6 Å². The summed E-state index contributed by atoms with van der Waals surface area (Å²) in [6.45, 7) is 6.65. The molecule has 0 bridgehead atoms. The van der Waals surface area contributed by atoms with Crippen molar-refractivity contribution in [2.45, 2.75) is 46.1 Å². The summed E-state index contributed by atoms with van der Waals surface area (Å²) in [5, 5.41) is 0. The number of carbonyl (C=O) groups excluding carboxylic acids is 2. The molecular weight excluding hydrogens is 244 g/mol. The largest absolute Gasteiger partial charge is 0.465 e. The van der Waals surface area contributed by atoms with Gasteiger partial charge in [0.2, 0.25) is 5.91 Å². The highest BCUT2D eigenvalue weighted by Crippen LogP contribution is 2.29. The molecule has 5 heteroatoms. The van der Waals surface area contributed by atoms with E-state index in [1.165, 1.54) is 0 Å². The van der Waals surface area contributed by atoms with E-state index < -0.39 is 0 Å². The van der Waals surface area contributed by atoms with E-state index >= 15 is 0 Å². The number of ether oxygens (including phenoxy) is 1. The Hall–Kier alpha value is -1.10. The molecule has 110 valence electrons. The summed E-state index contributed by atoms with van der Waals surface area (Å²) < 4.78 is 4.93. The average Bonchev–Trinajstić information content (AvgIpc) is 3.16. The standard InChI is InChI=1S/C14H26N2O3/c1-4-19-13(17)9-16(12-5-6-12)14(18)11(8-15)7-10(2)3/h10-12H,4-9,15H2,1-3H3. The topological polar surface area (TPSA) is 72.6 Å². The summed E-state index contributed by atoms with van der Waals surface area (Å²) in [6.07, 6.45) is 2.72. The normalized spacial score (nSPS) is 16.3. The van der Waals surface area contributed by atoms with Crippen molar-refractivity contribution in [2.75, 3.05) is 19.7 Å². The molecule has 1 aliphatic rings. The third-order valence-electron chi connectivity index (χ3n) is 3.27. The van der Waals surface area contributed by atoms with E-state index in [0.29, 0.717) is 19.1 Å². The van der Waals surface area contributed by atoms with Crippen LogP contribution in [0.15, 0.2) is 0 Å². The number of nitrogens with zero attached hydrogens (tertiary/aromatic N) is 1. The molecule has 0 aromatic rings. The number of hydrogen-bond acceptors (Lipinski definition) is 4. The van der Waals surface area contributed by atoms with E-state index in [-0.39, 0.29) is 30.4 Å². The quantitative estimate of drug-likeness (QED) is 0.672. The SMILES string of the molecule is CCOC(=O)CN(C(=O)C(CN)CC(C)C)C1CC1. The predicted molar refractivity (Wildman–Crippen MR) is 73.4 cm³/mol. The summed E-state index contributed by atoms with van der Waals surface area (Å²) in [4.78, 5) is 25.7. The van der Waals surface area contributed by atoms with Crippen molar-refractivity contribution in [3.63, 3.8) is 0 Å². The maximum atomic E-state index is 12.5. The number of carbonyl (C=O) groups is 2. The molecule has 1 amide bonds. The molecular formula is C14H26N2O3. The van der Waals surface area contributed by atoms with E-state index in [1.54, 1.807) is 11.8 Å². The number of amides is 1. The van der Waals surface area contributed by atoms with Crippen LogP contribution in [0.1, 0.15) is 40.0 Å². The molecule has 0 saturated heterocycles. The first-order valence-electron chi connectivity index (χ1n) is 7.15. The monoisotopic (exact) mass is 270 g/mol. The highest BCUT2D eigenvalue weighted by atomic mass is 16.5. The van der Waals surface area contributed by atoms with Crippen LogP contribution in [-0.4, -0.2) is 42.5 Å². The van der Waals surface area contributed by atoms with Gasteiger partial charge in [-0.2, -0.15) is 0 Å². The Morgan fingerprint density at radius 3 is 2.42 bits per heavy atom. The van der Waals surface area contributed by atoms with Gasteiger partial charge in [0, 0.05) is 12.6 Å². The van der Waals surface area contributed by atoms with Crippen LogP contribution in [0.25, 0.3) is 0 Å². The molecule has 0 aromatic heterocycles. The highest BCUT2D eigenvalue weighted by molar-refractivity contribution is 5.84. The van der Waals surface area contributed by atoms with Gasteiger partial charge >= 0.3 is 5.97 Å². The Bertz CT molecular complexity index is 314. The van der Waals surface area contributed by atoms with Gasteiger partial charge in [0.15, 0.2) is 0 Å². The van der Waals surface area contributed by atoms with E-state index in [9.17, 15) is 9.59 Å². The predicted octanol–water partition coefficient (Wildman–Crippen LogP) is 1.16. The third kappa shape index (κ3) is 5.19. The zero-order chi connectivity index (χ0) is 14.4. The lowest BCUT2D eigenvalue weighted by Crippen LogP contribution is -2.44. The fourth-order valence-corrected chi connectivity index (χ4v) is 2.22. The summed E-state index contributed by atoms with van der Waals surface area (Å²) in [5.41, 5.74) is 5.71. The maximum Gasteiger partial charge on any atom is 0.325 e. The van der Waals surface area contributed by atoms with Gasteiger partial charge in [-0.15, -0.1) is 0 Å². The highest BCUT2D eigenvalue weighted by Gasteiger charge is 2.36. The second kappa shape index (κ2) is 7.48. The van der Waals surface area contributed by atoms with Gasteiger partial charge in [-0.3, -0.25) is 9.59 Å². The van der Waals surface area contributed by atoms with Crippen LogP contribution in [0.4, 0.5) is 0 Å². The van der Waals surface area contributed by atoms with Crippen LogP contribution in [0, 0.1) is 11.8 Å². The second-order valence-corrected chi connectivity index (χ2v) is 5.56. The molecule has 5 nitrogen and oxygen atoms in total. The van der Waals surface area contributed by atoms with Gasteiger partial charge in [-0.05, 0) is 32.1 Å². The van der Waals surface area contributed by atoms with Crippen molar-refractivity contribution in [3.8, 4) is 0 Å².